The lowest BCUT2D eigenvalue weighted by Gasteiger charge is -2.38. The van der Waals surface area contributed by atoms with Gasteiger partial charge in [-0.3, -0.25) is 4.79 Å². The molecule has 4 N–H and O–H groups in total. The van der Waals surface area contributed by atoms with Crippen molar-refractivity contribution in [3.8, 4) is 28.7 Å². The summed E-state index contributed by atoms with van der Waals surface area (Å²) < 4.78 is 15.8. The minimum absolute atomic E-state index is 0.0138. The van der Waals surface area contributed by atoms with Gasteiger partial charge in [0.2, 0.25) is 11.5 Å². The average Bonchev–Trinajstić information content (AvgIpc) is 2.58. The van der Waals surface area contributed by atoms with Crippen LogP contribution in [0, 0.1) is 0 Å². The molecule has 0 aliphatic carbocycles. The topological polar surface area (TPSA) is 126 Å². The second-order valence-electron chi connectivity index (χ2n) is 5.47. The number of Topliss-reactive ketones (excluding diaryl/α,β-unsaturated/α-hetero) is 1. The summed E-state index contributed by atoms with van der Waals surface area (Å²) in [7, 11) is 2.38. The van der Waals surface area contributed by atoms with Gasteiger partial charge in [-0.2, -0.15) is 0 Å². The predicted molar refractivity (Wildman–Crippen MR) is 84.1 cm³/mol. The van der Waals surface area contributed by atoms with Crippen LogP contribution < -0.4 is 9.47 Å². The van der Waals surface area contributed by atoms with Crippen LogP contribution in [-0.2, 0) is 4.74 Å². The van der Waals surface area contributed by atoms with E-state index in [9.17, 15) is 25.2 Å². The zero-order chi connectivity index (χ0) is 18.4. The van der Waals surface area contributed by atoms with E-state index in [2.05, 4.69) is 0 Å². The summed E-state index contributed by atoms with van der Waals surface area (Å²) in [5.41, 5.74) is -0.0416. The van der Waals surface area contributed by atoms with Crippen molar-refractivity contribution in [1.29, 1.82) is 0 Å². The van der Waals surface area contributed by atoms with E-state index in [0.29, 0.717) is 5.56 Å². The molecule has 0 bridgehead atoms. The Morgan fingerprint density at radius 3 is 2.28 bits per heavy atom. The Kier molecular flexibility index (Phi) is 3.94. The van der Waals surface area contributed by atoms with Gasteiger partial charge in [0.1, 0.15) is 17.1 Å². The fraction of sp³-hybridized carbons (Fsp3) is 0.235. The number of phenolic OH excluding ortho intramolecular Hbond substituents is 3. The van der Waals surface area contributed by atoms with Crippen molar-refractivity contribution in [2.24, 2.45) is 0 Å². The molecule has 2 aromatic carbocycles. The SMILES string of the molecule is COc1c(O)cc(O)c2c1OC(c1ccc(O)cc1)C(O)(OC)C2=O. The first-order valence-electron chi connectivity index (χ1n) is 7.24. The van der Waals surface area contributed by atoms with Crippen LogP contribution >= 0.6 is 0 Å². The molecular formula is C17H16O8. The first-order chi connectivity index (χ1) is 11.8. The highest BCUT2D eigenvalue weighted by Gasteiger charge is 2.54. The molecule has 0 amide bonds. The van der Waals surface area contributed by atoms with Gasteiger partial charge < -0.3 is 34.6 Å². The van der Waals surface area contributed by atoms with Crippen LogP contribution in [0.2, 0.25) is 0 Å². The van der Waals surface area contributed by atoms with Crippen molar-refractivity contribution >= 4 is 5.78 Å². The zero-order valence-corrected chi connectivity index (χ0v) is 13.4. The number of carbonyl (C=O) groups excluding carboxylic acids is 1. The number of carbonyl (C=O) groups is 1. The van der Waals surface area contributed by atoms with Crippen molar-refractivity contribution in [3.05, 3.63) is 41.5 Å². The second-order valence-corrected chi connectivity index (χ2v) is 5.47. The lowest BCUT2D eigenvalue weighted by atomic mass is 9.89. The highest BCUT2D eigenvalue weighted by Crippen LogP contribution is 2.52. The summed E-state index contributed by atoms with van der Waals surface area (Å²) in [5, 5.41) is 40.1. The summed E-state index contributed by atoms with van der Waals surface area (Å²) in [5.74, 6) is -4.79. The van der Waals surface area contributed by atoms with Crippen molar-refractivity contribution in [1.82, 2.24) is 0 Å². The molecule has 1 aliphatic rings. The van der Waals surface area contributed by atoms with E-state index in [1.807, 2.05) is 0 Å². The predicted octanol–water partition coefficient (Wildman–Crippen LogP) is 1.46. The normalized spacial score (nSPS) is 22.2. The van der Waals surface area contributed by atoms with Crippen molar-refractivity contribution in [3.63, 3.8) is 0 Å². The molecule has 3 rings (SSSR count). The fourth-order valence-electron chi connectivity index (χ4n) is 2.78. The molecule has 2 atom stereocenters. The van der Waals surface area contributed by atoms with Crippen molar-refractivity contribution in [2.45, 2.75) is 11.9 Å². The van der Waals surface area contributed by atoms with E-state index in [1.54, 1.807) is 0 Å². The van der Waals surface area contributed by atoms with E-state index in [0.717, 1.165) is 13.2 Å². The number of aromatic hydroxyl groups is 3. The number of ketones is 1. The number of rotatable bonds is 3. The lowest BCUT2D eigenvalue weighted by Crippen LogP contribution is -2.51. The number of ether oxygens (including phenoxy) is 3. The number of fused-ring (bicyclic) bond motifs is 1. The van der Waals surface area contributed by atoms with Gasteiger partial charge in [-0.25, -0.2) is 0 Å². The van der Waals surface area contributed by atoms with Gasteiger partial charge in [0.15, 0.2) is 17.6 Å². The first kappa shape index (κ1) is 16.9. The van der Waals surface area contributed by atoms with E-state index >= 15 is 0 Å². The zero-order valence-electron chi connectivity index (χ0n) is 13.4. The van der Waals surface area contributed by atoms with E-state index in [1.165, 1.54) is 31.4 Å². The molecule has 2 aromatic rings. The third kappa shape index (κ3) is 2.43. The minimum atomic E-state index is -2.43. The maximum Gasteiger partial charge on any atom is 0.274 e. The number of phenols is 3. The van der Waals surface area contributed by atoms with Gasteiger partial charge in [0, 0.05) is 13.2 Å². The Hall–Kier alpha value is -2.97. The molecule has 0 saturated heterocycles. The number of methoxy groups -OCH3 is 2. The molecule has 132 valence electrons. The Bertz CT molecular complexity index is 830. The summed E-state index contributed by atoms with van der Waals surface area (Å²) in [4.78, 5) is 12.8. The smallest absolute Gasteiger partial charge is 0.274 e. The highest BCUT2D eigenvalue weighted by atomic mass is 16.7. The summed E-state index contributed by atoms with van der Waals surface area (Å²) in [6.45, 7) is 0. The molecule has 0 fully saturated rings. The van der Waals surface area contributed by atoms with Crippen molar-refractivity contribution < 1.29 is 39.4 Å². The molecule has 8 heteroatoms. The van der Waals surface area contributed by atoms with Crippen LogP contribution in [0.4, 0.5) is 0 Å². The van der Waals surface area contributed by atoms with Gasteiger partial charge in [0.25, 0.3) is 5.79 Å². The quantitative estimate of drug-likeness (QED) is 0.614. The van der Waals surface area contributed by atoms with E-state index < -0.39 is 29.2 Å². The van der Waals surface area contributed by atoms with Gasteiger partial charge in [-0.05, 0) is 17.7 Å². The second kappa shape index (κ2) is 5.83. The molecule has 1 heterocycles. The molecule has 0 spiro atoms. The molecule has 0 radical (unpaired) electrons. The number of hydrogen-bond acceptors (Lipinski definition) is 8. The van der Waals surface area contributed by atoms with E-state index in [-0.39, 0.29) is 22.8 Å². The Morgan fingerprint density at radius 1 is 1.08 bits per heavy atom. The Labute approximate surface area is 142 Å². The first-order valence-corrected chi connectivity index (χ1v) is 7.24. The minimum Gasteiger partial charge on any atom is -0.508 e. The molecule has 0 aromatic heterocycles. The fourth-order valence-corrected chi connectivity index (χ4v) is 2.78. The van der Waals surface area contributed by atoms with E-state index in [4.69, 9.17) is 14.2 Å². The average molecular weight is 348 g/mol. The summed E-state index contributed by atoms with van der Waals surface area (Å²) in [6.07, 6.45) is -1.33. The maximum atomic E-state index is 12.8. The molecular weight excluding hydrogens is 332 g/mol. The van der Waals surface area contributed by atoms with Crippen molar-refractivity contribution in [2.75, 3.05) is 14.2 Å². The number of aliphatic hydroxyl groups is 1. The van der Waals surface area contributed by atoms with Gasteiger partial charge in [0.05, 0.1) is 7.11 Å². The number of hydrogen-bond donors (Lipinski definition) is 4. The van der Waals surface area contributed by atoms with Crippen LogP contribution in [0.25, 0.3) is 0 Å². The molecule has 8 nitrogen and oxygen atoms in total. The summed E-state index contributed by atoms with van der Waals surface area (Å²) in [6, 6.07) is 6.50. The van der Waals surface area contributed by atoms with Gasteiger partial charge >= 0.3 is 0 Å². The van der Waals surface area contributed by atoms with Crippen LogP contribution in [0.15, 0.2) is 30.3 Å². The highest BCUT2D eigenvalue weighted by molar-refractivity contribution is 6.08. The lowest BCUT2D eigenvalue weighted by molar-refractivity contribution is -0.205. The molecule has 0 saturated carbocycles. The third-order valence-electron chi connectivity index (χ3n) is 4.05. The molecule has 25 heavy (non-hydrogen) atoms. The van der Waals surface area contributed by atoms with Crippen LogP contribution in [-0.4, -0.2) is 46.2 Å². The third-order valence-corrected chi connectivity index (χ3v) is 4.05. The van der Waals surface area contributed by atoms with Gasteiger partial charge in [-0.15, -0.1) is 0 Å². The molecule has 2 unspecified atom stereocenters. The maximum absolute atomic E-state index is 12.8. The van der Waals surface area contributed by atoms with Gasteiger partial charge in [-0.1, -0.05) is 12.1 Å². The Morgan fingerprint density at radius 2 is 1.72 bits per heavy atom. The Balaban J connectivity index is 2.24. The molecule has 1 aliphatic heterocycles. The number of benzene rings is 2. The van der Waals surface area contributed by atoms with Crippen LogP contribution in [0.5, 0.6) is 28.7 Å². The van der Waals surface area contributed by atoms with Crippen LogP contribution in [0.3, 0.4) is 0 Å². The monoisotopic (exact) mass is 348 g/mol. The van der Waals surface area contributed by atoms with Crippen LogP contribution in [0.1, 0.15) is 22.0 Å². The largest absolute Gasteiger partial charge is 0.508 e. The standard InChI is InChI=1S/C17H16O8/c1-23-13-11(20)7-10(19)12-14(13)25-16(17(22,24-2)15(12)21)8-3-5-9(18)6-4-8/h3-7,16,18-20,22H,1-2H3. The summed E-state index contributed by atoms with van der Waals surface area (Å²) >= 11 is 0.